The summed E-state index contributed by atoms with van der Waals surface area (Å²) >= 11 is 11.4. The molecule has 9 heteroatoms. The molecule has 3 heterocycles. The molecule has 2 aliphatic rings. The van der Waals surface area contributed by atoms with Crippen molar-refractivity contribution >= 4 is 50.2 Å². The van der Waals surface area contributed by atoms with Gasteiger partial charge in [0.25, 0.3) is 0 Å². The van der Waals surface area contributed by atoms with Gasteiger partial charge < -0.3 is 10.4 Å². The molecule has 6 nitrogen and oxygen atoms in total. The van der Waals surface area contributed by atoms with Crippen LogP contribution in [0.15, 0.2) is 20.2 Å². The van der Waals surface area contributed by atoms with Crippen LogP contribution in [0.5, 0.6) is 5.88 Å². The molecule has 128 valence electrons. The van der Waals surface area contributed by atoms with Gasteiger partial charge in [0, 0.05) is 43.4 Å². The number of hydrogen-bond donors (Lipinski definition) is 2. The highest BCUT2D eigenvalue weighted by molar-refractivity contribution is 9.10. The van der Waals surface area contributed by atoms with Crippen LogP contribution in [-0.4, -0.2) is 58.0 Å². The van der Waals surface area contributed by atoms with E-state index in [1.807, 2.05) is 0 Å². The minimum atomic E-state index is -0.407. The van der Waals surface area contributed by atoms with Crippen molar-refractivity contribution in [1.29, 1.82) is 0 Å². The molecule has 0 amide bonds. The third-order valence-corrected chi connectivity index (χ3v) is 7.35. The van der Waals surface area contributed by atoms with Gasteiger partial charge >= 0.3 is 5.69 Å². The van der Waals surface area contributed by atoms with Crippen molar-refractivity contribution < 1.29 is 5.11 Å². The predicted octanol–water partition coefficient (Wildman–Crippen LogP) is 2.07. The van der Waals surface area contributed by atoms with E-state index in [0.29, 0.717) is 10.4 Å². The molecule has 0 aliphatic carbocycles. The van der Waals surface area contributed by atoms with Crippen LogP contribution in [0, 0.1) is 0 Å². The number of thioether (sulfide) groups is 1. The van der Waals surface area contributed by atoms with Gasteiger partial charge in [-0.3, -0.25) is 9.47 Å². The molecule has 1 fully saturated rings. The summed E-state index contributed by atoms with van der Waals surface area (Å²) in [5, 5.41) is 14.5. The van der Waals surface area contributed by atoms with Crippen molar-refractivity contribution in [3.63, 3.8) is 0 Å². The van der Waals surface area contributed by atoms with Crippen molar-refractivity contribution in [3.8, 4) is 5.88 Å². The number of aromatic nitrogens is 2. The van der Waals surface area contributed by atoms with E-state index in [0.717, 1.165) is 53.4 Å². The molecular weight excluding hydrogens is 416 g/mol. The zero-order valence-corrected chi connectivity index (χ0v) is 15.9. The van der Waals surface area contributed by atoms with E-state index in [1.165, 1.54) is 0 Å². The van der Waals surface area contributed by atoms with Crippen LogP contribution < -0.4 is 11.0 Å². The first-order valence-electron chi connectivity index (χ1n) is 7.75. The van der Waals surface area contributed by atoms with Gasteiger partial charge in [-0.2, -0.15) is 4.98 Å². The Balaban J connectivity index is 1.86. The lowest BCUT2D eigenvalue weighted by atomic mass is 10.2. The SMILES string of the molecule is O=c1nc(O)c2cc(Cl)c(Br)c3c2n1[C@@H](CN1CCNCC1)CS3. The highest BCUT2D eigenvalue weighted by Gasteiger charge is 2.29. The topological polar surface area (TPSA) is 70.4 Å². The summed E-state index contributed by atoms with van der Waals surface area (Å²) in [5.41, 5.74) is 0.316. The fraction of sp³-hybridized carbons (Fsp3) is 0.467. The van der Waals surface area contributed by atoms with Crippen LogP contribution in [0.25, 0.3) is 10.9 Å². The highest BCUT2D eigenvalue weighted by atomic mass is 79.9. The molecule has 1 aromatic carbocycles. The number of halogens is 2. The molecule has 2 aromatic rings. The fourth-order valence-corrected chi connectivity index (χ4v) is 5.45. The van der Waals surface area contributed by atoms with Crippen LogP contribution in [0.2, 0.25) is 5.02 Å². The quantitative estimate of drug-likeness (QED) is 0.759. The molecule has 24 heavy (non-hydrogen) atoms. The summed E-state index contributed by atoms with van der Waals surface area (Å²) in [6.45, 7) is 4.69. The Kier molecular flexibility index (Phi) is 4.51. The first-order valence-corrected chi connectivity index (χ1v) is 9.91. The van der Waals surface area contributed by atoms with Crippen LogP contribution in [-0.2, 0) is 0 Å². The molecule has 0 unspecified atom stereocenters. The number of aromatic hydroxyl groups is 1. The second kappa shape index (κ2) is 6.49. The summed E-state index contributed by atoms with van der Waals surface area (Å²) in [6, 6.07) is 1.69. The summed E-state index contributed by atoms with van der Waals surface area (Å²) < 4.78 is 2.49. The molecule has 2 aliphatic heterocycles. The number of rotatable bonds is 2. The lowest BCUT2D eigenvalue weighted by molar-refractivity contribution is 0.212. The van der Waals surface area contributed by atoms with Gasteiger partial charge in [0.1, 0.15) is 0 Å². The van der Waals surface area contributed by atoms with E-state index in [4.69, 9.17) is 11.6 Å². The smallest absolute Gasteiger partial charge is 0.351 e. The van der Waals surface area contributed by atoms with Crippen molar-refractivity contribution in [2.75, 3.05) is 38.5 Å². The van der Waals surface area contributed by atoms with E-state index >= 15 is 0 Å². The van der Waals surface area contributed by atoms with E-state index in [2.05, 4.69) is 31.1 Å². The molecule has 4 rings (SSSR count). The average molecular weight is 432 g/mol. The largest absolute Gasteiger partial charge is 0.493 e. The van der Waals surface area contributed by atoms with Gasteiger partial charge in [-0.25, -0.2) is 4.79 Å². The number of nitrogens with zero attached hydrogens (tertiary/aromatic N) is 3. The van der Waals surface area contributed by atoms with E-state index < -0.39 is 5.69 Å². The summed E-state index contributed by atoms with van der Waals surface area (Å²) in [4.78, 5) is 19.6. The first-order chi connectivity index (χ1) is 11.6. The molecular formula is C15H16BrClN4O2S. The Morgan fingerprint density at radius 2 is 2.21 bits per heavy atom. The Labute approximate surface area is 156 Å². The van der Waals surface area contributed by atoms with Crippen LogP contribution in [0.1, 0.15) is 6.04 Å². The van der Waals surface area contributed by atoms with Crippen LogP contribution >= 0.6 is 39.3 Å². The molecule has 0 spiro atoms. The Morgan fingerprint density at radius 3 is 2.96 bits per heavy atom. The molecule has 1 saturated heterocycles. The maximum atomic E-state index is 12.5. The Bertz CT molecular complexity index is 869. The van der Waals surface area contributed by atoms with Gasteiger partial charge in [0.15, 0.2) is 0 Å². The monoisotopic (exact) mass is 430 g/mol. The highest BCUT2D eigenvalue weighted by Crippen LogP contribution is 2.45. The van der Waals surface area contributed by atoms with Gasteiger partial charge in [0.2, 0.25) is 5.88 Å². The normalized spacial score (nSPS) is 21.3. The van der Waals surface area contributed by atoms with Gasteiger partial charge in [-0.15, -0.1) is 11.8 Å². The fourth-order valence-electron chi connectivity index (χ4n) is 3.35. The summed E-state index contributed by atoms with van der Waals surface area (Å²) in [6.07, 6.45) is 0. The van der Waals surface area contributed by atoms with Gasteiger partial charge in [-0.1, -0.05) is 11.6 Å². The second-order valence-electron chi connectivity index (χ2n) is 6.00. The number of nitrogens with one attached hydrogen (secondary N) is 1. The summed E-state index contributed by atoms with van der Waals surface area (Å²) in [5.74, 6) is 0.516. The standard InChI is InChI=1S/C15H16BrClN4O2S/c16-11-10(17)5-9-12-13(11)24-7-8(6-20-3-1-18-2-4-20)21(12)15(23)19-14(9)22/h5,8,18H,1-4,6-7H2,(H,19,22,23)/t8-/m0/s1. The van der Waals surface area contributed by atoms with Gasteiger partial charge in [0.05, 0.1) is 26.4 Å². The molecule has 1 aromatic heterocycles. The predicted molar refractivity (Wildman–Crippen MR) is 99.4 cm³/mol. The van der Waals surface area contributed by atoms with Crippen LogP contribution in [0.3, 0.4) is 0 Å². The number of hydrogen-bond acceptors (Lipinski definition) is 6. The molecule has 0 saturated carbocycles. The maximum absolute atomic E-state index is 12.5. The first kappa shape index (κ1) is 16.7. The van der Waals surface area contributed by atoms with E-state index in [-0.39, 0.29) is 11.9 Å². The second-order valence-corrected chi connectivity index (χ2v) is 8.23. The minimum Gasteiger partial charge on any atom is -0.493 e. The van der Waals surface area contributed by atoms with Crippen molar-refractivity contribution in [2.24, 2.45) is 0 Å². The van der Waals surface area contributed by atoms with Gasteiger partial charge in [-0.05, 0) is 22.0 Å². The number of benzene rings is 1. The third-order valence-electron chi connectivity index (χ3n) is 4.50. The van der Waals surface area contributed by atoms with Crippen LogP contribution in [0.4, 0.5) is 0 Å². The van der Waals surface area contributed by atoms with Crippen molar-refractivity contribution in [3.05, 3.63) is 26.0 Å². The average Bonchev–Trinajstić information content (AvgIpc) is 2.57. The van der Waals surface area contributed by atoms with E-state index in [9.17, 15) is 9.90 Å². The molecule has 2 N–H and O–H groups in total. The zero-order chi connectivity index (χ0) is 16.8. The Hall–Kier alpha value is -0.800. The maximum Gasteiger partial charge on any atom is 0.351 e. The van der Waals surface area contributed by atoms with E-state index in [1.54, 1.807) is 22.4 Å². The van der Waals surface area contributed by atoms with Crippen molar-refractivity contribution in [1.82, 2.24) is 19.8 Å². The number of piperazine rings is 1. The molecule has 1 atom stereocenters. The lowest BCUT2D eigenvalue weighted by Crippen LogP contribution is -2.47. The lowest BCUT2D eigenvalue weighted by Gasteiger charge is -2.34. The molecule has 0 bridgehead atoms. The Morgan fingerprint density at radius 1 is 1.46 bits per heavy atom. The summed E-state index contributed by atoms with van der Waals surface area (Å²) in [7, 11) is 0. The van der Waals surface area contributed by atoms with Crippen molar-refractivity contribution in [2.45, 2.75) is 10.9 Å². The molecule has 0 radical (unpaired) electrons. The third kappa shape index (κ3) is 2.74. The zero-order valence-electron chi connectivity index (χ0n) is 12.8. The minimum absolute atomic E-state index is 0.0248.